The van der Waals surface area contributed by atoms with E-state index in [4.69, 9.17) is 25.7 Å². The van der Waals surface area contributed by atoms with Crippen LogP contribution in [-0.4, -0.2) is 38.4 Å². The van der Waals surface area contributed by atoms with E-state index in [9.17, 15) is 4.79 Å². The Hall–Kier alpha value is -3.56. The zero-order chi connectivity index (χ0) is 22.1. The summed E-state index contributed by atoms with van der Waals surface area (Å²) in [5, 5.41) is 13.3. The number of nitrogens with one attached hydrogen (secondary N) is 1. The molecule has 1 amide bonds. The third-order valence-electron chi connectivity index (χ3n) is 4.73. The predicted molar refractivity (Wildman–Crippen MR) is 123 cm³/mol. The number of anilines is 1. The van der Waals surface area contributed by atoms with Crippen molar-refractivity contribution in [2.75, 3.05) is 18.2 Å². The molecule has 0 atom stereocenters. The van der Waals surface area contributed by atoms with E-state index >= 15 is 0 Å². The Morgan fingerprint density at radius 1 is 1.19 bits per heavy atom. The Labute approximate surface area is 191 Å². The summed E-state index contributed by atoms with van der Waals surface area (Å²) in [7, 11) is 1.54. The second-order valence-corrected chi connectivity index (χ2v) is 8.11. The van der Waals surface area contributed by atoms with Gasteiger partial charge in [0, 0.05) is 11.1 Å². The van der Waals surface area contributed by atoms with Gasteiger partial charge in [0.25, 0.3) is 0 Å². The zero-order valence-corrected chi connectivity index (χ0v) is 18.4. The van der Waals surface area contributed by atoms with Crippen molar-refractivity contribution >= 4 is 51.5 Å². The highest BCUT2D eigenvalue weighted by molar-refractivity contribution is 7.99. The van der Waals surface area contributed by atoms with Crippen LogP contribution >= 0.6 is 23.4 Å². The number of hydrogen-bond donors (Lipinski definition) is 1. The number of hydrogen-bond acceptors (Lipinski definition) is 7. The molecule has 5 rings (SSSR count). The Kier molecular flexibility index (Phi) is 5.42. The van der Waals surface area contributed by atoms with Crippen LogP contribution in [0.3, 0.4) is 0 Å². The first-order valence-electron chi connectivity index (χ1n) is 9.58. The van der Waals surface area contributed by atoms with Crippen molar-refractivity contribution < 1.29 is 13.9 Å². The molecular weight excluding hydrogens is 450 g/mol. The van der Waals surface area contributed by atoms with Gasteiger partial charge in [-0.2, -0.15) is 0 Å². The molecule has 10 heteroatoms. The van der Waals surface area contributed by atoms with Crippen LogP contribution in [0.4, 0.5) is 5.69 Å². The first-order valence-corrected chi connectivity index (χ1v) is 10.9. The van der Waals surface area contributed by atoms with E-state index in [0.717, 1.165) is 10.9 Å². The van der Waals surface area contributed by atoms with Crippen molar-refractivity contribution in [1.82, 2.24) is 19.6 Å². The summed E-state index contributed by atoms with van der Waals surface area (Å²) in [4.78, 5) is 17.3. The number of benzene rings is 2. The Balaban J connectivity index is 1.44. The van der Waals surface area contributed by atoms with Crippen LogP contribution in [0.15, 0.2) is 70.4 Å². The lowest BCUT2D eigenvalue weighted by atomic mass is 10.2. The molecule has 32 heavy (non-hydrogen) atoms. The summed E-state index contributed by atoms with van der Waals surface area (Å²) in [6.45, 7) is 0. The summed E-state index contributed by atoms with van der Waals surface area (Å²) in [5.74, 6) is 1.60. The Morgan fingerprint density at radius 2 is 2.06 bits per heavy atom. The van der Waals surface area contributed by atoms with Gasteiger partial charge in [0.05, 0.1) is 29.7 Å². The van der Waals surface area contributed by atoms with E-state index in [1.807, 2.05) is 34.7 Å². The van der Waals surface area contributed by atoms with E-state index in [-0.39, 0.29) is 11.7 Å². The molecule has 0 aliphatic heterocycles. The summed E-state index contributed by atoms with van der Waals surface area (Å²) < 4.78 is 12.5. The number of halogens is 1. The van der Waals surface area contributed by atoms with Crippen LogP contribution < -0.4 is 10.1 Å². The number of fused-ring (bicyclic) bond motifs is 3. The van der Waals surface area contributed by atoms with Crippen molar-refractivity contribution in [3.63, 3.8) is 0 Å². The molecule has 8 nitrogen and oxygen atoms in total. The molecule has 1 N–H and O–H groups in total. The Bertz CT molecular complexity index is 1430. The van der Waals surface area contributed by atoms with E-state index in [1.54, 1.807) is 30.5 Å². The van der Waals surface area contributed by atoms with Gasteiger partial charge in [0.1, 0.15) is 5.75 Å². The van der Waals surface area contributed by atoms with Gasteiger partial charge in [-0.3, -0.25) is 9.20 Å². The molecule has 0 aliphatic rings. The third kappa shape index (κ3) is 3.76. The van der Waals surface area contributed by atoms with Crippen LogP contribution in [0.25, 0.3) is 28.1 Å². The fourth-order valence-electron chi connectivity index (χ4n) is 3.30. The van der Waals surface area contributed by atoms with Crippen molar-refractivity contribution in [2.45, 2.75) is 5.16 Å². The van der Waals surface area contributed by atoms with Gasteiger partial charge in [-0.05, 0) is 42.5 Å². The smallest absolute Gasteiger partial charge is 0.234 e. The average Bonchev–Trinajstić information content (AvgIpc) is 3.48. The lowest BCUT2D eigenvalue weighted by Gasteiger charge is -2.09. The van der Waals surface area contributed by atoms with Crippen LogP contribution in [0.1, 0.15) is 0 Å². The number of nitrogens with zero attached hydrogens (tertiary/aromatic N) is 4. The highest BCUT2D eigenvalue weighted by Gasteiger charge is 2.19. The number of methoxy groups -OCH3 is 1. The van der Waals surface area contributed by atoms with Gasteiger partial charge in [-0.1, -0.05) is 35.5 Å². The highest BCUT2D eigenvalue weighted by Crippen LogP contribution is 2.30. The first kappa shape index (κ1) is 20.3. The highest BCUT2D eigenvalue weighted by atomic mass is 35.5. The Morgan fingerprint density at radius 3 is 2.84 bits per heavy atom. The molecule has 3 aromatic heterocycles. The molecule has 0 spiro atoms. The monoisotopic (exact) mass is 465 g/mol. The van der Waals surface area contributed by atoms with Gasteiger partial charge in [-0.25, -0.2) is 4.98 Å². The quantitative estimate of drug-likeness (QED) is 0.355. The normalized spacial score (nSPS) is 11.2. The van der Waals surface area contributed by atoms with Gasteiger partial charge >= 0.3 is 0 Å². The molecule has 0 unspecified atom stereocenters. The van der Waals surface area contributed by atoms with Crippen LogP contribution in [-0.2, 0) is 4.79 Å². The summed E-state index contributed by atoms with van der Waals surface area (Å²) >= 11 is 7.39. The van der Waals surface area contributed by atoms with Crippen molar-refractivity contribution in [3.8, 4) is 17.3 Å². The maximum Gasteiger partial charge on any atom is 0.234 e. The number of rotatable bonds is 6. The van der Waals surface area contributed by atoms with E-state index < -0.39 is 0 Å². The maximum atomic E-state index is 12.5. The molecule has 0 aliphatic carbocycles. The van der Waals surface area contributed by atoms with Gasteiger partial charge in [0.15, 0.2) is 22.4 Å². The molecule has 5 aromatic rings. The molecule has 0 saturated heterocycles. The third-order valence-corrected chi connectivity index (χ3v) is 5.95. The fraction of sp³-hybridized carbons (Fsp3) is 0.0909. The molecule has 2 aromatic carbocycles. The number of thioether (sulfide) groups is 1. The van der Waals surface area contributed by atoms with Crippen molar-refractivity contribution in [3.05, 3.63) is 65.9 Å². The second kappa shape index (κ2) is 8.52. The molecule has 3 heterocycles. The van der Waals surface area contributed by atoms with Gasteiger partial charge in [-0.15, -0.1) is 10.2 Å². The topological polar surface area (TPSA) is 94.5 Å². The minimum Gasteiger partial charge on any atom is -0.495 e. The largest absolute Gasteiger partial charge is 0.495 e. The number of ether oxygens (including phenoxy) is 1. The van der Waals surface area contributed by atoms with Crippen LogP contribution in [0, 0.1) is 0 Å². The molecule has 0 fully saturated rings. The summed E-state index contributed by atoms with van der Waals surface area (Å²) in [6.07, 6.45) is 1.59. The molecular formula is C22H16ClN5O3S. The van der Waals surface area contributed by atoms with Crippen LogP contribution in [0.2, 0.25) is 5.02 Å². The molecule has 0 saturated carbocycles. The SMILES string of the molecule is COc1ccc(NC(=O)CSc2nnc3c4ccccc4nc(-c4ccco4)n23)cc1Cl. The summed E-state index contributed by atoms with van der Waals surface area (Å²) in [6, 6.07) is 16.4. The minimum atomic E-state index is -0.207. The summed E-state index contributed by atoms with van der Waals surface area (Å²) in [5.41, 5.74) is 2.01. The zero-order valence-electron chi connectivity index (χ0n) is 16.8. The first-order chi connectivity index (χ1) is 15.6. The number of amides is 1. The second-order valence-electron chi connectivity index (χ2n) is 6.76. The molecule has 0 radical (unpaired) electrons. The van der Waals surface area contributed by atoms with E-state index in [2.05, 4.69) is 15.5 Å². The number of carbonyl (C=O) groups is 1. The molecule has 0 bridgehead atoms. The fourth-order valence-corrected chi connectivity index (χ4v) is 4.29. The van der Waals surface area contributed by atoms with Gasteiger partial charge < -0.3 is 14.5 Å². The van der Waals surface area contributed by atoms with E-state index in [0.29, 0.717) is 38.8 Å². The number of carbonyl (C=O) groups excluding carboxylic acids is 1. The van der Waals surface area contributed by atoms with Crippen molar-refractivity contribution in [2.24, 2.45) is 0 Å². The van der Waals surface area contributed by atoms with Gasteiger partial charge in [0.2, 0.25) is 5.91 Å². The minimum absolute atomic E-state index is 0.120. The van der Waals surface area contributed by atoms with Crippen molar-refractivity contribution in [1.29, 1.82) is 0 Å². The number of aromatic nitrogens is 4. The standard InChI is InChI=1S/C22H16ClN5O3S/c1-30-17-9-8-13(11-15(17)23)24-19(29)12-32-22-27-26-20-14-5-2-3-6-16(14)25-21(28(20)22)18-7-4-10-31-18/h2-11H,12H2,1H3,(H,24,29). The lowest BCUT2D eigenvalue weighted by molar-refractivity contribution is -0.113. The number of para-hydroxylation sites is 1. The van der Waals surface area contributed by atoms with Crippen LogP contribution in [0.5, 0.6) is 5.75 Å². The maximum absolute atomic E-state index is 12.5. The number of furan rings is 1. The van der Waals surface area contributed by atoms with E-state index in [1.165, 1.54) is 18.9 Å². The predicted octanol–water partition coefficient (Wildman–Crippen LogP) is 4.93. The average molecular weight is 466 g/mol. The lowest BCUT2D eigenvalue weighted by Crippen LogP contribution is -2.14. The molecule has 160 valence electrons.